The van der Waals surface area contributed by atoms with Gasteiger partial charge in [0.2, 0.25) is 0 Å². The maximum atomic E-state index is 6.77. The lowest BCUT2D eigenvalue weighted by Crippen LogP contribution is -2.87. The van der Waals surface area contributed by atoms with Gasteiger partial charge in [-0.05, 0) is 81.4 Å². The Kier molecular flexibility index (Phi) is 6.95. The van der Waals surface area contributed by atoms with Crippen molar-refractivity contribution in [2.45, 2.75) is 0 Å². The van der Waals surface area contributed by atoms with Gasteiger partial charge < -0.3 is 9.64 Å². The monoisotopic (exact) mass is 727 g/mol. The molecule has 2 aliphatic heterocycles. The van der Waals surface area contributed by atoms with Gasteiger partial charge in [0.25, 0.3) is 0 Å². The minimum absolute atomic E-state index is 0.971. The van der Waals surface area contributed by atoms with E-state index in [1.165, 1.54) is 62.2 Å². The molecule has 8 aromatic carbocycles. The second-order valence-corrected chi connectivity index (χ2v) is 21.5. The van der Waals surface area contributed by atoms with Crippen molar-refractivity contribution in [2.75, 3.05) is 4.90 Å². The van der Waals surface area contributed by atoms with E-state index in [-0.39, 0.29) is 0 Å². The molecule has 9 aromatic rings. The van der Waals surface area contributed by atoms with Crippen LogP contribution in [0.25, 0.3) is 20.2 Å². The van der Waals surface area contributed by atoms with Crippen LogP contribution in [0.4, 0.5) is 17.1 Å². The van der Waals surface area contributed by atoms with Crippen molar-refractivity contribution in [2.24, 2.45) is 0 Å². The summed E-state index contributed by atoms with van der Waals surface area (Å²) in [5.41, 5.74) is 3.47. The summed E-state index contributed by atoms with van der Waals surface area (Å²) in [6.45, 7) is 0. The van der Waals surface area contributed by atoms with Crippen LogP contribution < -0.4 is 45.9 Å². The summed E-state index contributed by atoms with van der Waals surface area (Å²) in [4.78, 5) is 2.46. The summed E-state index contributed by atoms with van der Waals surface area (Å²) in [5, 5.41) is 12.7. The van der Waals surface area contributed by atoms with E-state index in [2.05, 4.69) is 199 Å². The summed E-state index contributed by atoms with van der Waals surface area (Å²) >= 11 is 1.87. The molecule has 1 aromatic heterocycles. The van der Waals surface area contributed by atoms with Crippen LogP contribution in [-0.4, -0.2) is 16.9 Å². The van der Waals surface area contributed by atoms with E-state index in [9.17, 15) is 0 Å². The number of fused-ring (bicyclic) bond motifs is 11. The fourth-order valence-corrected chi connectivity index (χ4v) is 20.6. The second kappa shape index (κ2) is 12.0. The van der Waals surface area contributed by atoms with E-state index in [0.717, 1.165) is 22.9 Å². The molecule has 2 nitrogen and oxygen atoms in total. The molecule has 3 heterocycles. The van der Waals surface area contributed by atoms with Crippen molar-refractivity contribution in [3.05, 3.63) is 194 Å². The van der Waals surface area contributed by atoms with E-state index >= 15 is 0 Å². The molecule has 0 saturated carbocycles. The third-order valence-electron chi connectivity index (χ3n) is 11.3. The highest BCUT2D eigenvalue weighted by molar-refractivity contribution is 7.27. The predicted molar refractivity (Wildman–Crippen MR) is 230 cm³/mol. The second-order valence-electron chi connectivity index (χ2n) is 14.0. The third kappa shape index (κ3) is 4.55. The molecular weight excluding hydrogens is 695 g/mol. The van der Waals surface area contributed by atoms with E-state index in [1.54, 1.807) is 0 Å². The first-order valence-corrected chi connectivity index (χ1v) is 22.8. The van der Waals surface area contributed by atoms with Crippen molar-refractivity contribution in [1.82, 2.24) is 0 Å². The third-order valence-corrected chi connectivity index (χ3v) is 21.2. The van der Waals surface area contributed by atoms with Crippen LogP contribution in [0, 0.1) is 0 Å². The lowest BCUT2D eigenvalue weighted by molar-refractivity contribution is 0.487. The van der Waals surface area contributed by atoms with Crippen molar-refractivity contribution in [1.29, 1.82) is 0 Å². The van der Waals surface area contributed by atoms with Crippen LogP contribution in [-0.2, 0) is 0 Å². The molecule has 0 saturated heterocycles. The van der Waals surface area contributed by atoms with Gasteiger partial charge in [0.05, 0.1) is 0 Å². The molecule has 0 fully saturated rings. The maximum absolute atomic E-state index is 6.77. The van der Waals surface area contributed by atoms with Gasteiger partial charge in [0, 0.05) is 37.2 Å². The molecule has 1 atom stereocenters. The highest BCUT2D eigenvalue weighted by atomic mass is 32.1. The molecule has 250 valence electrons. The number of ether oxygens (including phenoxy) is 1. The molecule has 2 aliphatic rings. The first kappa shape index (κ1) is 30.6. The highest BCUT2D eigenvalue weighted by Gasteiger charge is 2.53. The SMILES string of the molecule is c1ccc(N(c2ccc3c(c2)[Si]2(c4ccccc4Oc4ccccc42)c2ccccc2[SiH]3c2ccccc2)c2ccc3sc4ccccc4c3c2)cc1. The van der Waals surface area contributed by atoms with Crippen LogP contribution in [0.2, 0.25) is 0 Å². The van der Waals surface area contributed by atoms with Gasteiger partial charge in [-0.1, -0.05) is 149 Å². The van der Waals surface area contributed by atoms with Gasteiger partial charge in [0.1, 0.15) is 20.3 Å². The largest absolute Gasteiger partial charge is 0.458 e. The number of benzene rings is 8. The zero-order valence-corrected chi connectivity index (χ0v) is 31.8. The quantitative estimate of drug-likeness (QED) is 0.174. The van der Waals surface area contributed by atoms with Crippen LogP contribution in [0.15, 0.2) is 194 Å². The zero-order chi connectivity index (χ0) is 34.9. The number of hydrogen-bond donors (Lipinski definition) is 0. The molecule has 11 rings (SSSR count). The number of hydrogen-bond acceptors (Lipinski definition) is 3. The highest BCUT2D eigenvalue weighted by Crippen LogP contribution is 2.40. The smallest absolute Gasteiger partial charge is 0.188 e. The van der Waals surface area contributed by atoms with Crippen molar-refractivity contribution in [3.8, 4) is 11.5 Å². The Labute approximate surface area is 315 Å². The van der Waals surface area contributed by atoms with Crippen LogP contribution >= 0.6 is 11.3 Å². The molecule has 0 amide bonds. The van der Waals surface area contributed by atoms with Gasteiger partial charge in [-0.25, -0.2) is 0 Å². The van der Waals surface area contributed by atoms with Gasteiger partial charge in [-0.3, -0.25) is 0 Å². The van der Waals surface area contributed by atoms with Crippen LogP contribution in [0.5, 0.6) is 11.5 Å². The molecule has 53 heavy (non-hydrogen) atoms. The van der Waals surface area contributed by atoms with Gasteiger partial charge in [0.15, 0.2) is 8.07 Å². The Morgan fingerprint density at radius 1 is 0.415 bits per heavy atom. The maximum Gasteiger partial charge on any atom is 0.188 e. The average Bonchev–Trinajstić information content (AvgIpc) is 3.60. The van der Waals surface area contributed by atoms with Gasteiger partial charge in [-0.15, -0.1) is 11.3 Å². The summed E-state index contributed by atoms with van der Waals surface area (Å²) in [6.07, 6.45) is 0. The predicted octanol–water partition coefficient (Wildman–Crippen LogP) is 7.57. The summed E-state index contributed by atoms with van der Waals surface area (Å²) in [5.74, 6) is 1.94. The molecular formula is C48H33NOSSi2. The lowest BCUT2D eigenvalue weighted by Gasteiger charge is -2.46. The van der Waals surface area contributed by atoms with Gasteiger partial charge in [-0.2, -0.15) is 0 Å². The van der Waals surface area contributed by atoms with E-state index < -0.39 is 16.9 Å². The van der Waals surface area contributed by atoms with Gasteiger partial charge >= 0.3 is 0 Å². The fourth-order valence-electron chi connectivity index (χ4n) is 9.12. The van der Waals surface area contributed by atoms with Crippen molar-refractivity contribution >= 4 is 102 Å². The fraction of sp³-hybridized carbons (Fsp3) is 0. The summed E-state index contributed by atoms with van der Waals surface area (Å²) in [6, 6.07) is 72.4. The molecule has 0 bridgehead atoms. The minimum atomic E-state index is -2.89. The standard InChI is InChI=1S/C48H33NOSSi2/c1-3-15-33(16-4-1)49(34-27-29-42-38(31-34)37-19-7-10-22-41(37)51-42)35-28-30-44-48(32-35)53(45-24-12-8-20-39(45)50-40-21-9-13-25-46(40)53)47-26-14-11-23-43(47)52(44)36-17-5-2-6-18-36/h1-32,52H. The molecule has 0 aliphatic carbocycles. The first-order valence-electron chi connectivity index (χ1n) is 18.2. The molecule has 0 radical (unpaired) electrons. The Bertz CT molecular complexity index is 2810. The Hall–Kier alpha value is -5.99. The van der Waals surface area contributed by atoms with Crippen LogP contribution in [0.1, 0.15) is 0 Å². The number of nitrogens with zero attached hydrogens (tertiary/aromatic N) is 1. The zero-order valence-electron chi connectivity index (χ0n) is 28.8. The number of rotatable bonds is 4. The number of para-hydroxylation sites is 3. The van der Waals surface area contributed by atoms with Crippen molar-refractivity contribution < 1.29 is 4.74 Å². The molecule has 5 heteroatoms. The van der Waals surface area contributed by atoms with E-state index in [4.69, 9.17) is 4.74 Å². The van der Waals surface area contributed by atoms with E-state index in [0.29, 0.717) is 0 Å². The van der Waals surface area contributed by atoms with Crippen LogP contribution in [0.3, 0.4) is 0 Å². The Balaban J connectivity index is 1.24. The minimum Gasteiger partial charge on any atom is -0.458 e. The topological polar surface area (TPSA) is 12.5 Å². The number of thiophene rings is 1. The first-order chi connectivity index (χ1) is 26.3. The van der Waals surface area contributed by atoms with E-state index in [1.807, 2.05) is 11.3 Å². The molecule has 1 unspecified atom stereocenters. The molecule has 1 spiro atoms. The lowest BCUT2D eigenvalue weighted by atomic mass is 10.1. The Morgan fingerprint density at radius 2 is 0.981 bits per heavy atom. The normalized spacial score (nSPS) is 14.9. The summed E-state index contributed by atoms with van der Waals surface area (Å²) in [7, 11) is -4.77. The number of anilines is 3. The molecule has 0 N–H and O–H groups in total. The average molecular weight is 728 g/mol. The Morgan fingerprint density at radius 3 is 1.75 bits per heavy atom. The summed E-state index contributed by atoms with van der Waals surface area (Å²) < 4.78 is 9.40. The van der Waals surface area contributed by atoms with Crippen molar-refractivity contribution in [3.63, 3.8) is 0 Å².